The highest BCUT2D eigenvalue weighted by molar-refractivity contribution is 5.85. The Hall–Kier alpha value is -1.20. The van der Waals surface area contributed by atoms with E-state index in [0.29, 0.717) is 19.6 Å². The number of carbonyl (C=O) groups excluding carboxylic acids is 1. The van der Waals surface area contributed by atoms with Crippen molar-refractivity contribution in [1.82, 2.24) is 14.5 Å². The lowest BCUT2D eigenvalue weighted by Gasteiger charge is -2.29. The lowest BCUT2D eigenvalue weighted by molar-refractivity contribution is -0.135. The third kappa shape index (κ3) is 3.17. The highest BCUT2D eigenvalue weighted by Gasteiger charge is 2.25. The van der Waals surface area contributed by atoms with Crippen LogP contribution < -0.4 is 0 Å². The van der Waals surface area contributed by atoms with Crippen LogP contribution in [-0.2, 0) is 22.5 Å². The van der Waals surface area contributed by atoms with Gasteiger partial charge in [0.2, 0.25) is 0 Å². The van der Waals surface area contributed by atoms with Crippen molar-refractivity contribution in [2.24, 2.45) is 0 Å². The van der Waals surface area contributed by atoms with Gasteiger partial charge in [-0.15, -0.1) is 0 Å². The zero-order valence-electron chi connectivity index (χ0n) is 11.1. The van der Waals surface area contributed by atoms with Crippen molar-refractivity contribution in [2.75, 3.05) is 26.7 Å². The first-order valence-corrected chi connectivity index (χ1v) is 6.53. The maximum atomic E-state index is 12.2. The van der Waals surface area contributed by atoms with E-state index in [9.17, 15) is 4.79 Å². The van der Waals surface area contributed by atoms with E-state index in [-0.39, 0.29) is 11.9 Å². The van der Waals surface area contributed by atoms with Crippen molar-refractivity contribution < 1.29 is 9.53 Å². The number of rotatable bonds is 5. The minimum Gasteiger partial charge on any atom is -0.368 e. The fraction of sp³-hybridized carbons (Fsp3) is 0.692. The predicted molar refractivity (Wildman–Crippen MR) is 68.5 cm³/mol. The van der Waals surface area contributed by atoms with Crippen LogP contribution in [0.25, 0.3) is 0 Å². The molecule has 0 aliphatic carbocycles. The van der Waals surface area contributed by atoms with E-state index in [4.69, 9.17) is 4.74 Å². The molecule has 0 saturated carbocycles. The van der Waals surface area contributed by atoms with E-state index >= 15 is 0 Å². The average molecular weight is 251 g/mol. The summed E-state index contributed by atoms with van der Waals surface area (Å²) >= 11 is 0. The number of carbonyl (C=O) groups is 1. The zero-order valence-corrected chi connectivity index (χ0v) is 11.1. The summed E-state index contributed by atoms with van der Waals surface area (Å²) in [6.45, 7) is 5.25. The Balaban J connectivity index is 1.95. The lowest BCUT2D eigenvalue weighted by Crippen LogP contribution is -2.44. The minimum absolute atomic E-state index is 0.130. The molecular weight excluding hydrogens is 230 g/mol. The number of aryl methyl sites for hydroxylation is 1. The maximum absolute atomic E-state index is 12.2. The molecule has 5 heteroatoms. The summed E-state index contributed by atoms with van der Waals surface area (Å²) in [5, 5.41) is 0. The quantitative estimate of drug-likeness (QED) is 0.774. The van der Waals surface area contributed by atoms with Crippen molar-refractivity contribution in [3.63, 3.8) is 0 Å². The van der Waals surface area contributed by atoms with Gasteiger partial charge in [0, 0.05) is 32.0 Å². The molecule has 100 valence electrons. The van der Waals surface area contributed by atoms with Gasteiger partial charge >= 0.3 is 0 Å². The summed E-state index contributed by atoms with van der Waals surface area (Å²) < 4.78 is 7.58. The zero-order chi connectivity index (χ0) is 13.0. The first-order valence-electron chi connectivity index (χ1n) is 6.53. The van der Waals surface area contributed by atoms with Gasteiger partial charge in [-0.3, -0.25) is 4.79 Å². The second-order valence-corrected chi connectivity index (χ2v) is 4.80. The highest BCUT2D eigenvalue weighted by atomic mass is 16.5. The van der Waals surface area contributed by atoms with Crippen LogP contribution in [0.4, 0.5) is 0 Å². The smallest absolute Gasteiger partial charge is 0.170 e. The minimum atomic E-state index is -0.296. The number of morpholine rings is 1. The Morgan fingerprint density at radius 1 is 1.61 bits per heavy atom. The molecule has 2 heterocycles. The molecule has 18 heavy (non-hydrogen) atoms. The number of nitrogens with zero attached hydrogens (tertiary/aromatic N) is 3. The fourth-order valence-corrected chi connectivity index (χ4v) is 2.19. The van der Waals surface area contributed by atoms with Gasteiger partial charge in [0.15, 0.2) is 5.78 Å². The molecule has 1 aliphatic rings. The van der Waals surface area contributed by atoms with Gasteiger partial charge < -0.3 is 14.2 Å². The third-order valence-electron chi connectivity index (χ3n) is 3.23. The number of ketones is 1. The highest BCUT2D eigenvalue weighted by Crippen LogP contribution is 2.08. The van der Waals surface area contributed by atoms with E-state index < -0.39 is 0 Å². The summed E-state index contributed by atoms with van der Waals surface area (Å²) in [5.74, 6) is 0.976. The van der Waals surface area contributed by atoms with E-state index in [1.807, 2.05) is 17.8 Å². The summed E-state index contributed by atoms with van der Waals surface area (Å²) in [5.41, 5.74) is 0. The van der Waals surface area contributed by atoms with Gasteiger partial charge in [0.05, 0.1) is 13.0 Å². The van der Waals surface area contributed by atoms with E-state index in [2.05, 4.69) is 16.8 Å². The number of imidazole rings is 1. The van der Waals surface area contributed by atoms with Gasteiger partial charge in [-0.1, -0.05) is 6.92 Å². The second kappa shape index (κ2) is 6.11. The van der Waals surface area contributed by atoms with Gasteiger partial charge in [0.25, 0.3) is 0 Å². The fourth-order valence-electron chi connectivity index (χ4n) is 2.19. The SMILES string of the molecule is CCCn1ccnc1CC(=O)C1CN(C)CCO1. The number of aromatic nitrogens is 2. The number of hydrogen-bond acceptors (Lipinski definition) is 4. The van der Waals surface area contributed by atoms with E-state index in [1.54, 1.807) is 6.20 Å². The maximum Gasteiger partial charge on any atom is 0.170 e. The van der Waals surface area contributed by atoms with Crippen LogP contribution in [0.1, 0.15) is 19.2 Å². The molecule has 1 aliphatic heterocycles. The third-order valence-corrected chi connectivity index (χ3v) is 3.23. The first kappa shape index (κ1) is 13.2. The number of hydrogen-bond donors (Lipinski definition) is 0. The summed E-state index contributed by atoms with van der Waals surface area (Å²) in [6.07, 6.45) is 4.80. The standard InChI is InChI=1S/C13H21N3O2/c1-3-5-16-6-4-14-13(16)9-11(17)12-10-15(2)7-8-18-12/h4,6,12H,3,5,7-10H2,1-2H3. The molecule has 2 rings (SSSR count). The first-order chi connectivity index (χ1) is 8.70. The molecule has 1 aromatic heterocycles. The molecule has 0 radical (unpaired) electrons. The van der Waals surface area contributed by atoms with Gasteiger partial charge in [-0.25, -0.2) is 4.98 Å². The predicted octanol–water partition coefficient (Wildman–Crippen LogP) is 0.735. The van der Waals surface area contributed by atoms with E-state index in [1.165, 1.54) is 0 Å². The molecule has 0 amide bonds. The van der Waals surface area contributed by atoms with Crippen molar-refractivity contribution in [1.29, 1.82) is 0 Å². The van der Waals surface area contributed by atoms with Gasteiger partial charge in [0.1, 0.15) is 11.9 Å². The molecule has 0 N–H and O–H groups in total. The molecule has 1 fully saturated rings. The lowest BCUT2D eigenvalue weighted by atomic mass is 10.1. The molecule has 5 nitrogen and oxygen atoms in total. The van der Waals surface area contributed by atoms with Gasteiger partial charge in [-0.2, -0.15) is 0 Å². The Morgan fingerprint density at radius 2 is 2.44 bits per heavy atom. The Labute approximate surface area is 108 Å². The van der Waals surface area contributed by atoms with Gasteiger partial charge in [-0.05, 0) is 13.5 Å². The van der Waals surface area contributed by atoms with Crippen LogP contribution in [-0.4, -0.2) is 53.1 Å². The molecular formula is C13H21N3O2. The van der Waals surface area contributed by atoms with Crippen LogP contribution >= 0.6 is 0 Å². The molecule has 1 aromatic rings. The number of Topliss-reactive ketones (excluding diaryl/α,β-unsaturated/α-hetero) is 1. The topological polar surface area (TPSA) is 47.4 Å². The summed E-state index contributed by atoms with van der Waals surface area (Å²) in [7, 11) is 2.01. The molecule has 0 spiro atoms. The number of likely N-dealkylation sites (N-methyl/N-ethyl adjacent to an activating group) is 1. The van der Waals surface area contributed by atoms with Crippen molar-refractivity contribution in [3.05, 3.63) is 18.2 Å². The molecule has 1 saturated heterocycles. The summed E-state index contributed by atoms with van der Waals surface area (Å²) in [4.78, 5) is 18.6. The van der Waals surface area contributed by atoms with Crippen molar-refractivity contribution >= 4 is 5.78 Å². The van der Waals surface area contributed by atoms with Crippen LogP contribution in [0.15, 0.2) is 12.4 Å². The van der Waals surface area contributed by atoms with Crippen LogP contribution in [0, 0.1) is 0 Å². The average Bonchev–Trinajstić information content (AvgIpc) is 2.77. The molecule has 0 bridgehead atoms. The monoisotopic (exact) mass is 251 g/mol. The Kier molecular flexibility index (Phi) is 4.49. The van der Waals surface area contributed by atoms with Crippen molar-refractivity contribution in [3.8, 4) is 0 Å². The Bertz CT molecular complexity index is 403. The number of ether oxygens (including phenoxy) is 1. The molecule has 1 unspecified atom stereocenters. The summed E-state index contributed by atoms with van der Waals surface area (Å²) in [6, 6.07) is 0. The van der Waals surface area contributed by atoms with Crippen LogP contribution in [0.3, 0.4) is 0 Å². The van der Waals surface area contributed by atoms with Crippen LogP contribution in [0.2, 0.25) is 0 Å². The van der Waals surface area contributed by atoms with Crippen molar-refractivity contribution in [2.45, 2.75) is 32.4 Å². The normalized spacial score (nSPS) is 21.1. The van der Waals surface area contributed by atoms with E-state index in [0.717, 1.165) is 25.3 Å². The second-order valence-electron chi connectivity index (χ2n) is 4.80. The molecule has 0 aromatic carbocycles. The van der Waals surface area contributed by atoms with Crippen LogP contribution in [0.5, 0.6) is 0 Å². The Morgan fingerprint density at radius 3 is 3.17 bits per heavy atom. The molecule has 1 atom stereocenters. The largest absolute Gasteiger partial charge is 0.368 e.